The predicted molar refractivity (Wildman–Crippen MR) is 91.0 cm³/mol. The van der Waals surface area contributed by atoms with Crippen LogP contribution in [0, 0.1) is 11.8 Å². The van der Waals surface area contributed by atoms with E-state index in [2.05, 4.69) is 6.92 Å². The highest BCUT2D eigenvalue weighted by Gasteiger charge is 2.48. The number of hydrogen-bond acceptors (Lipinski definition) is 3. The van der Waals surface area contributed by atoms with E-state index in [0.29, 0.717) is 18.3 Å². The molecule has 0 N–H and O–H groups in total. The number of aryl methyl sites for hydroxylation is 1. The Kier molecular flexibility index (Phi) is 5.90. The summed E-state index contributed by atoms with van der Waals surface area (Å²) in [7, 11) is 0. The van der Waals surface area contributed by atoms with Crippen molar-refractivity contribution in [1.29, 1.82) is 0 Å². The van der Waals surface area contributed by atoms with Crippen LogP contribution in [0.2, 0.25) is 0 Å². The summed E-state index contributed by atoms with van der Waals surface area (Å²) in [5.74, 6) is -2.22. The zero-order chi connectivity index (χ0) is 18.7. The highest BCUT2D eigenvalue weighted by molar-refractivity contribution is 5.79. The molecule has 1 aliphatic heterocycles. The number of ether oxygens (including phenoxy) is 2. The third-order valence-corrected chi connectivity index (χ3v) is 5.37. The van der Waals surface area contributed by atoms with Crippen LogP contribution in [0.15, 0.2) is 18.2 Å². The molecule has 0 bridgehead atoms. The van der Waals surface area contributed by atoms with Crippen LogP contribution >= 0.6 is 0 Å². The maximum absolute atomic E-state index is 12.8. The lowest BCUT2D eigenvalue weighted by molar-refractivity contribution is -0.193. The molecule has 3 rings (SSSR count). The van der Waals surface area contributed by atoms with Gasteiger partial charge in [0.15, 0.2) is 5.92 Å². The minimum atomic E-state index is -4.57. The van der Waals surface area contributed by atoms with E-state index in [9.17, 15) is 18.0 Å². The van der Waals surface area contributed by atoms with Crippen molar-refractivity contribution in [2.45, 2.75) is 64.1 Å². The molecular weight excluding hydrogens is 345 g/mol. The number of benzene rings is 1. The van der Waals surface area contributed by atoms with E-state index < -0.39 is 18.1 Å². The standard InChI is InChI=1S/C20H25F3O3/c1-13-4-8-16(9-5-13)25-10-2-3-14-6-7-15-12-17(20(21,22)23)19(24)26-18(15)11-14/h6-7,11,13,16-17H,2-5,8-10,12H2,1H3. The van der Waals surface area contributed by atoms with Gasteiger partial charge in [-0.15, -0.1) is 0 Å². The molecule has 0 aromatic heterocycles. The monoisotopic (exact) mass is 370 g/mol. The van der Waals surface area contributed by atoms with E-state index in [1.165, 1.54) is 12.8 Å². The van der Waals surface area contributed by atoms with Gasteiger partial charge in [0.1, 0.15) is 5.75 Å². The Hall–Kier alpha value is -1.56. The Labute approximate surface area is 151 Å². The van der Waals surface area contributed by atoms with Gasteiger partial charge < -0.3 is 9.47 Å². The number of hydrogen-bond donors (Lipinski definition) is 0. The van der Waals surface area contributed by atoms with E-state index in [1.54, 1.807) is 12.1 Å². The van der Waals surface area contributed by atoms with Gasteiger partial charge in [0.2, 0.25) is 0 Å². The molecule has 1 aromatic carbocycles. The van der Waals surface area contributed by atoms with E-state index in [1.807, 2.05) is 6.07 Å². The summed E-state index contributed by atoms with van der Waals surface area (Å²) >= 11 is 0. The minimum Gasteiger partial charge on any atom is -0.426 e. The lowest BCUT2D eigenvalue weighted by atomic mass is 9.89. The molecule has 1 heterocycles. The highest BCUT2D eigenvalue weighted by atomic mass is 19.4. The average molecular weight is 370 g/mol. The van der Waals surface area contributed by atoms with Crippen molar-refractivity contribution in [3.05, 3.63) is 29.3 Å². The fourth-order valence-corrected chi connectivity index (χ4v) is 3.67. The summed E-state index contributed by atoms with van der Waals surface area (Å²) in [5.41, 5.74) is 1.38. The molecule has 144 valence electrons. The predicted octanol–water partition coefficient (Wildman–Crippen LogP) is 4.85. The van der Waals surface area contributed by atoms with E-state index in [-0.39, 0.29) is 12.2 Å². The minimum absolute atomic E-state index is 0.259. The Morgan fingerprint density at radius 2 is 1.92 bits per heavy atom. The zero-order valence-electron chi connectivity index (χ0n) is 15.0. The molecule has 1 atom stereocenters. The number of alkyl halides is 3. The maximum Gasteiger partial charge on any atom is 0.402 e. The van der Waals surface area contributed by atoms with E-state index in [0.717, 1.165) is 37.2 Å². The Bertz CT molecular complexity index is 634. The molecule has 3 nitrogen and oxygen atoms in total. The van der Waals surface area contributed by atoms with Crippen LogP contribution in [-0.2, 0) is 22.4 Å². The molecule has 1 unspecified atom stereocenters. The Balaban J connectivity index is 1.49. The molecule has 1 saturated carbocycles. The van der Waals surface area contributed by atoms with Gasteiger partial charge >= 0.3 is 12.1 Å². The fraction of sp³-hybridized carbons (Fsp3) is 0.650. The molecule has 0 saturated heterocycles. The third-order valence-electron chi connectivity index (χ3n) is 5.37. The second-order valence-corrected chi connectivity index (χ2v) is 7.52. The fourth-order valence-electron chi connectivity index (χ4n) is 3.67. The first-order valence-corrected chi connectivity index (χ1v) is 9.34. The van der Waals surface area contributed by atoms with Crippen molar-refractivity contribution in [3.63, 3.8) is 0 Å². The highest BCUT2D eigenvalue weighted by Crippen LogP contribution is 2.37. The molecule has 26 heavy (non-hydrogen) atoms. The van der Waals surface area contributed by atoms with Gasteiger partial charge in [0.25, 0.3) is 0 Å². The van der Waals surface area contributed by atoms with E-state index in [4.69, 9.17) is 9.47 Å². The maximum atomic E-state index is 12.8. The van der Waals surface area contributed by atoms with E-state index >= 15 is 0 Å². The molecule has 1 fully saturated rings. The van der Waals surface area contributed by atoms with Gasteiger partial charge in [0.05, 0.1) is 6.10 Å². The van der Waals surface area contributed by atoms with Gasteiger partial charge in [0, 0.05) is 6.61 Å². The summed E-state index contributed by atoms with van der Waals surface area (Å²) in [6, 6.07) is 5.13. The van der Waals surface area contributed by atoms with Crippen molar-refractivity contribution in [1.82, 2.24) is 0 Å². The van der Waals surface area contributed by atoms with Crippen molar-refractivity contribution in [3.8, 4) is 5.75 Å². The second-order valence-electron chi connectivity index (χ2n) is 7.52. The summed E-state index contributed by atoms with van der Waals surface area (Å²) < 4.78 is 49.3. The quantitative estimate of drug-likeness (QED) is 0.422. The Morgan fingerprint density at radius 1 is 1.19 bits per heavy atom. The largest absolute Gasteiger partial charge is 0.426 e. The molecule has 1 aliphatic carbocycles. The lowest BCUT2D eigenvalue weighted by Crippen LogP contribution is -2.38. The SMILES string of the molecule is CC1CCC(OCCCc2ccc3c(c2)OC(=O)C(C(F)(F)F)C3)CC1. The van der Waals surface area contributed by atoms with Crippen LogP contribution in [0.25, 0.3) is 0 Å². The van der Waals surface area contributed by atoms with Crippen LogP contribution < -0.4 is 4.74 Å². The van der Waals surface area contributed by atoms with Crippen LogP contribution in [0.5, 0.6) is 5.75 Å². The number of carbonyl (C=O) groups excluding carboxylic acids is 1. The third kappa shape index (κ3) is 4.78. The molecule has 0 radical (unpaired) electrons. The van der Waals surface area contributed by atoms with Crippen molar-refractivity contribution in [2.75, 3.05) is 6.61 Å². The van der Waals surface area contributed by atoms with Gasteiger partial charge in [-0.25, -0.2) is 0 Å². The van der Waals surface area contributed by atoms with Gasteiger partial charge in [-0.1, -0.05) is 19.1 Å². The second kappa shape index (κ2) is 7.99. The summed E-state index contributed by atoms with van der Waals surface area (Å²) in [5, 5.41) is 0. The molecular formula is C20H25F3O3. The van der Waals surface area contributed by atoms with Crippen LogP contribution in [0.1, 0.15) is 50.2 Å². The zero-order valence-corrected chi connectivity index (χ0v) is 15.0. The molecule has 0 amide bonds. The number of halogens is 3. The first kappa shape index (κ1) is 19.2. The van der Waals surface area contributed by atoms with Crippen molar-refractivity contribution < 1.29 is 27.4 Å². The molecule has 0 spiro atoms. The number of carbonyl (C=O) groups is 1. The van der Waals surface area contributed by atoms with Gasteiger partial charge in [-0.05, 0) is 68.1 Å². The number of fused-ring (bicyclic) bond motifs is 1. The van der Waals surface area contributed by atoms with Crippen molar-refractivity contribution >= 4 is 5.97 Å². The normalized spacial score (nSPS) is 26.3. The average Bonchev–Trinajstić information content (AvgIpc) is 2.58. The lowest BCUT2D eigenvalue weighted by Gasteiger charge is -2.26. The first-order valence-electron chi connectivity index (χ1n) is 9.34. The number of esters is 1. The molecule has 6 heteroatoms. The van der Waals surface area contributed by atoms with Gasteiger partial charge in [-0.2, -0.15) is 13.2 Å². The molecule has 2 aliphatic rings. The number of rotatable bonds is 5. The van der Waals surface area contributed by atoms with Crippen molar-refractivity contribution in [2.24, 2.45) is 11.8 Å². The summed E-state index contributed by atoms with van der Waals surface area (Å²) in [4.78, 5) is 11.6. The van der Waals surface area contributed by atoms with Crippen LogP contribution in [0.3, 0.4) is 0 Å². The van der Waals surface area contributed by atoms with Crippen LogP contribution in [0.4, 0.5) is 13.2 Å². The van der Waals surface area contributed by atoms with Crippen LogP contribution in [-0.4, -0.2) is 24.9 Å². The summed E-state index contributed by atoms with van der Waals surface area (Å²) in [6.07, 6.45) is 1.71. The smallest absolute Gasteiger partial charge is 0.402 e. The first-order chi connectivity index (χ1) is 12.3. The van der Waals surface area contributed by atoms with Gasteiger partial charge in [-0.3, -0.25) is 4.79 Å². The molecule has 1 aromatic rings. The Morgan fingerprint density at radius 3 is 2.62 bits per heavy atom. The summed E-state index contributed by atoms with van der Waals surface area (Å²) in [6.45, 7) is 2.95. The topological polar surface area (TPSA) is 35.5 Å².